The highest BCUT2D eigenvalue weighted by atomic mass is 15.2. The molecule has 1 saturated carbocycles. The van der Waals surface area contributed by atoms with Crippen LogP contribution in [0.15, 0.2) is 0 Å². The van der Waals surface area contributed by atoms with E-state index in [0.717, 1.165) is 6.54 Å². The van der Waals surface area contributed by atoms with Crippen LogP contribution < -0.4 is 5.32 Å². The average Bonchev–Trinajstić information content (AvgIpc) is 2.79. The third-order valence-electron chi connectivity index (χ3n) is 5.29. The maximum atomic E-state index is 3.66. The Balaban J connectivity index is 1.94. The number of hydrogen-bond donors (Lipinski definition) is 1. The zero-order valence-electron chi connectivity index (χ0n) is 13.8. The Morgan fingerprint density at radius 1 is 0.900 bits per heavy atom. The van der Waals surface area contributed by atoms with E-state index < -0.39 is 0 Å². The molecule has 2 aliphatic rings. The molecule has 1 heterocycles. The number of likely N-dealkylation sites (N-methyl/N-ethyl adjacent to an activating group) is 1. The van der Waals surface area contributed by atoms with E-state index in [-0.39, 0.29) is 0 Å². The van der Waals surface area contributed by atoms with Crippen LogP contribution in [-0.2, 0) is 0 Å². The highest BCUT2D eigenvalue weighted by Crippen LogP contribution is 2.35. The lowest BCUT2D eigenvalue weighted by atomic mass is 9.79. The second kappa shape index (κ2) is 8.35. The maximum Gasteiger partial charge on any atom is 0.0109 e. The van der Waals surface area contributed by atoms with E-state index >= 15 is 0 Å². The van der Waals surface area contributed by atoms with Crippen molar-refractivity contribution in [3.63, 3.8) is 0 Å². The molecule has 1 aliphatic heterocycles. The number of rotatable bonds is 5. The van der Waals surface area contributed by atoms with E-state index in [1.807, 2.05) is 0 Å². The monoisotopic (exact) mass is 281 g/mol. The Hall–Kier alpha value is -0.120. The number of nitrogens with zero attached hydrogens (tertiary/aromatic N) is 2. The first-order chi connectivity index (χ1) is 9.74. The van der Waals surface area contributed by atoms with E-state index in [9.17, 15) is 0 Å². The van der Waals surface area contributed by atoms with Crippen molar-refractivity contribution >= 4 is 0 Å². The Morgan fingerprint density at radius 2 is 1.65 bits per heavy atom. The van der Waals surface area contributed by atoms with Gasteiger partial charge in [0, 0.05) is 26.2 Å². The fraction of sp³-hybridized carbons (Fsp3) is 1.00. The van der Waals surface area contributed by atoms with Crippen LogP contribution in [0, 0.1) is 5.41 Å². The van der Waals surface area contributed by atoms with Crippen LogP contribution in [0.3, 0.4) is 0 Å². The normalized spacial score (nSPS) is 26.1. The van der Waals surface area contributed by atoms with Gasteiger partial charge in [0.15, 0.2) is 0 Å². The molecule has 0 amide bonds. The van der Waals surface area contributed by atoms with Crippen molar-refractivity contribution in [2.75, 3.05) is 52.9 Å². The summed E-state index contributed by atoms with van der Waals surface area (Å²) in [7, 11) is 2.27. The molecule has 0 aromatic heterocycles. The minimum Gasteiger partial charge on any atom is -0.316 e. The molecule has 0 unspecified atom stereocenters. The molecular weight excluding hydrogens is 246 g/mol. The van der Waals surface area contributed by atoms with E-state index in [4.69, 9.17) is 0 Å². The van der Waals surface area contributed by atoms with Crippen molar-refractivity contribution in [3.05, 3.63) is 0 Å². The molecule has 0 spiro atoms. The van der Waals surface area contributed by atoms with Crippen molar-refractivity contribution in [2.45, 2.75) is 51.9 Å². The standard InChI is InChI=1S/C17H35N3/c1-3-18-15-17(9-6-4-5-7-10-17)16-20-12-8-11-19(2)13-14-20/h18H,3-16H2,1-2H3. The molecule has 118 valence electrons. The largest absolute Gasteiger partial charge is 0.316 e. The van der Waals surface area contributed by atoms with Gasteiger partial charge in [-0.3, -0.25) is 0 Å². The summed E-state index contributed by atoms with van der Waals surface area (Å²) in [6, 6.07) is 0. The Morgan fingerprint density at radius 3 is 2.35 bits per heavy atom. The van der Waals surface area contributed by atoms with Gasteiger partial charge >= 0.3 is 0 Å². The molecular formula is C17H35N3. The fourth-order valence-electron chi connectivity index (χ4n) is 3.99. The minimum atomic E-state index is 0.551. The third kappa shape index (κ3) is 5.01. The molecule has 0 radical (unpaired) electrons. The van der Waals surface area contributed by atoms with Gasteiger partial charge in [0.1, 0.15) is 0 Å². The zero-order chi connectivity index (χ0) is 14.3. The van der Waals surface area contributed by atoms with Gasteiger partial charge in [-0.1, -0.05) is 32.6 Å². The van der Waals surface area contributed by atoms with E-state index in [1.165, 1.54) is 84.2 Å². The van der Waals surface area contributed by atoms with E-state index in [2.05, 4.69) is 29.1 Å². The van der Waals surface area contributed by atoms with Crippen LogP contribution in [0.2, 0.25) is 0 Å². The SMILES string of the molecule is CCNCC1(CN2CCCN(C)CC2)CCCCCC1. The Labute approximate surface area is 126 Å². The molecule has 2 rings (SSSR count). The smallest absolute Gasteiger partial charge is 0.0109 e. The van der Waals surface area contributed by atoms with Crippen LogP contribution in [0.1, 0.15) is 51.9 Å². The zero-order valence-corrected chi connectivity index (χ0v) is 13.8. The first-order valence-corrected chi connectivity index (χ1v) is 8.86. The molecule has 0 aromatic carbocycles. The van der Waals surface area contributed by atoms with Gasteiger partial charge in [-0.2, -0.15) is 0 Å². The van der Waals surface area contributed by atoms with Gasteiger partial charge in [-0.25, -0.2) is 0 Å². The summed E-state index contributed by atoms with van der Waals surface area (Å²) >= 11 is 0. The van der Waals surface area contributed by atoms with Crippen LogP contribution in [0.4, 0.5) is 0 Å². The molecule has 0 atom stereocenters. The molecule has 1 aliphatic carbocycles. The summed E-state index contributed by atoms with van der Waals surface area (Å²) in [4.78, 5) is 5.25. The summed E-state index contributed by atoms with van der Waals surface area (Å²) < 4.78 is 0. The Kier molecular flexibility index (Phi) is 6.79. The van der Waals surface area contributed by atoms with Gasteiger partial charge < -0.3 is 15.1 Å². The van der Waals surface area contributed by atoms with Gasteiger partial charge in [0.05, 0.1) is 0 Å². The summed E-state index contributed by atoms with van der Waals surface area (Å²) in [5, 5.41) is 3.66. The minimum absolute atomic E-state index is 0.551. The lowest BCUT2D eigenvalue weighted by Crippen LogP contribution is -2.45. The molecule has 1 N–H and O–H groups in total. The molecule has 1 saturated heterocycles. The molecule has 0 bridgehead atoms. The third-order valence-corrected chi connectivity index (χ3v) is 5.29. The van der Waals surface area contributed by atoms with Crippen LogP contribution in [0.5, 0.6) is 0 Å². The summed E-state index contributed by atoms with van der Waals surface area (Å²) in [5.74, 6) is 0. The second-order valence-electron chi connectivity index (χ2n) is 7.13. The number of hydrogen-bond acceptors (Lipinski definition) is 3. The Bertz CT molecular complexity index is 259. The van der Waals surface area contributed by atoms with Crippen LogP contribution >= 0.6 is 0 Å². The van der Waals surface area contributed by atoms with Crippen LogP contribution in [0.25, 0.3) is 0 Å². The quantitative estimate of drug-likeness (QED) is 0.782. The topological polar surface area (TPSA) is 18.5 Å². The van der Waals surface area contributed by atoms with Gasteiger partial charge in [0.2, 0.25) is 0 Å². The van der Waals surface area contributed by atoms with Crippen molar-refractivity contribution < 1.29 is 0 Å². The van der Waals surface area contributed by atoms with Crippen molar-refractivity contribution in [1.29, 1.82) is 0 Å². The van der Waals surface area contributed by atoms with Crippen molar-refractivity contribution in [3.8, 4) is 0 Å². The second-order valence-corrected chi connectivity index (χ2v) is 7.13. The molecule has 3 heteroatoms. The van der Waals surface area contributed by atoms with Crippen molar-refractivity contribution in [2.24, 2.45) is 5.41 Å². The molecule has 20 heavy (non-hydrogen) atoms. The summed E-state index contributed by atoms with van der Waals surface area (Å²) in [5.41, 5.74) is 0.551. The molecule has 3 nitrogen and oxygen atoms in total. The van der Waals surface area contributed by atoms with Crippen LogP contribution in [-0.4, -0.2) is 62.7 Å². The van der Waals surface area contributed by atoms with Gasteiger partial charge in [-0.05, 0) is 51.4 Å². The highest BCUT2D eigenvalue weighted by Gasteiger charge is 2.32. The lowest BCUT2D eigenvalue weighted by molar-refractivity contribution is 0.130. The summed E-state index contributed by atoms with van der Waals surface area (Å²) in [6.45, 7) is 11.0. The van der Waals surface area contributed by atoms with E-state index in [0.29, 0.717) is 5.41 Å². The molecule has 2 fully saturated rings. The number of nitrogens with one attached hydrogen (secondary N) is 1. The van der Waals surface area contributed by atoms with Crippen molar-refractivity contribution in [1.82, 2.24) is 15.1 Å². The van der Waals surface area contributed by atoms with Gasteiger partial charge in [0.25, 0.3) is 0 Å². The van der Waals surface area contributed by atoms with Gasteiger partial charge in [-0.15, -0.1) is 0 Å². The lowest BCUT2D eigenvalue weighted by Gasteiger charge is -2.38. The average molecular weight is 281 g/mol. The predicted molar refractivity (Wildman–Crippen MR) is 87.2 cm³/mol. The fourth-order valence-corrected chi connectivity index (χ4v) is 3.99. The first kappa shape index (κ1) is 16.3. The van der Waals surface area contributed by atoms with E-state index in [1.54, 1.807) is 0 Å². The predicted octanol–water partition coefficient (Wildman–Crippen LogP) is 2.57. The molecule has 0 aromatic rings. The highest BCUT2D eigenvalue weighted by molar-refractivity contribution is 4.87. The first-order valence-electron chi connectivity index (χ1n) is 8.86. The maximum absolute atomic E-state index is 3.66. The summed E-state index contributed by atoms with van der Waals surface area (Å²) in [6.07, 6.45) is 10.0.